The summed E-state index contributed by atoms with van der Waals surface area (Å²) >= 11 is 1.94. The minimum Gasteiger partial charge on any atom is -0.310 e. The van der Waals surface area contributed by atoms with Crippen LogP contribution in [0.1, 0.15) is 47.2 Å². The summed E-state index contributed by atoms with van der Waals surface area (Å²) in [5, 5.41) is 1.35. The summed E-state index contributed by atoms with van der Waals surface area (Å²) in [6.45, 7) is 4.76. The number of nitrogens with zero attached hydrogens (tertiary/aromatic N) is 1. The minimum atomic E-state index is -0.420. The average molecular weight is 808 g/mol. The van der Waals surface area contributed by atoms with Crippen molar-refractivity contribution in [2.75, 3.05) is 4.90 Å². The summed E-state index contributed by atoms with van der Waals surface area (Å²) in [7, 11) is 0. The van der Waals surface area contributed by atoms with Crippen molar-refractivity contribution in [3.8, 4) is 54.9 Å². The molecular weight excluding hydrogens is 767 g/mol. The van der Waals surface area contributed by atoms with Crippen LogP contribution in [0.5, 0.6) is 0 Å². The SMILES string of the molecule is CC1(C)c2ccccc2-c2ccc(N(c3ccc4c(c3)-c3ccccc3C43c4ccccc4-c4sc5ccccc5c43)c3ccc(-c4ccccc4)cc3-c3ccccc3)cc21. The van der Waals surface area contributed by atoms with Crippen molar-refractivity contribution in [3.05, 3.63) is 246 Å². The third-order valence-electron chi connectivity index (χ3n) is 14.1. The van der Waals surface area contributed by atoms with Crippen LogP contribution in [0.15, 0.2) is 212 Å². The highest BCUT2D eigenvalue weighted by atomic mass is 32.1. The van der Waals surface area contributed by atoms with Crippen molar-refractivity contribution in [2.24, 2.45) is 0 Å². The van der Waals surface area contributed by atoms with E-state index in [0.717, 1.165) is 17.1 Å². The summed E-state index contributed by atoms with van der Waals surface area (Å²) in [6, 6.07) is 79.5. The minimum absolute atomic E-state index is 0.146. The van der Waals surface area contributed by atoms with E-state index in [-0.39, 0.29) is 5.41 Å². The van der Waals surface area contributed by atoms with Gasteiger partial charge >= 0.3 is 0 Å². The lowest BCUT2D eigenvalue weighted by Crippen LogP contribution is -2.25. The third kappa shape index (κ3) is 4.79. The van der Waals surface area contributed by atoms with E-state index in [9.17, 15) is 0 Å². The first kappa shape index (κ1) is 35.5. The molecule has 3 aliphatic rings. The van der Waals surface area contributed by atoms with Gasteiger partial charge in [0.05, 0.1) is 11.1 Å². The molecule has 13 rings (SSSR count). The molecule has 292 valence electrons. The van der Waals surface area contributed by atoms with Crippen LogP contribution in [0.3, 0.4) is 0 Å². The number of hydrogen-bond acceptors (Lipinski definition) is 2. The first-order chi connectivity index (χ1) is 30.5. The monoisotopic (exact) mass is 807 g/mol. The lowest BCUT2D eigenvalue weighted by atomic mass is 9.70. The normalized spacial score (nSPS) is 15.8. The van der Waals surface area contributed by atoms with Crippen LogP contribution in [0.25, 0.3) is 65.0 Å². The zero-order valence-electron chi connectivity index (χ0n) is 34.6. The van der Waals surface area contributed by atoms with Crippen LogP contribution < -0.4 is 4.90 Å². The van der Waals surface area contributed by atoms with Crippen LogP contribution in [0.2, 0.25) is 0 Å². The summed E-state index contributed by atoms with van der Waals surface area (Å²) < 4.78 is 1.34. The highest BCUT2D eigenvalue weighted by Gasteiger charge is 2.53. The van der Waals surface area contributed by atoms with Gasteiger partial charge in [-0.15, -0.1) is 11.3 Å². The molecule has 10 aromatic rings. The van der Waals surface area contributed by atoms with Crippen molar-refractivity contribution < 1.29 is 0 Å². The molecule has 0 saturated carbocycles. The second kappa shape index (κ2) is 13.1. The van der Waals surface area contributed by atoms with Crippen LogP contribution in [0, 0.1) is 0 Å². The first-order valence-electron chi connectivity index (χ1n) is 21.7. The molecule has 0 fully saturated rings. The number of benzene rings is 9. The number of fused-ring (bicyclic) bond motifs is 15. The van der Waals surface area contributed by atoms with Gasteiger partial charge in [-0.2, -0.15) is 0 Å². The second-order valence-electron chi connectivity index (χ2n) is 17.6. The predicted molar refractivity (Wildman–Crippen MR) is 261 cm³/mol. The molecule has 0 aliphatic heterocycles. The van der Waals surface area contributed by atoms with Gasteiger partial charge in [0.1, 0.15) is 0 Å². The summed E-state index contributed by atoms with van der Waals surface area (Å²) in [5.74, 6) is 0. The van der Waals surface area contributed by atoms with Crippen LogP contribution in [0.4, 0.5) is 17.1 Å². The van der Waals surface area contributed by atoms with Gasteiger partial charge in [-0.1, -0.05) is 184 Å². The summed E-state index contributed by atoms with van der Waals surface area (Å²) in [5.41, 5.74) is 22.5. The van der Waals surface area contributed by atoms with Gasteiger partial charge in [0.15, 0.2) is 0 Å². The van der Waals surface area contributed by atoms with Gasteiger partial charge in [-0.05, 0) is 126 Å². The Morgan fingerprint density at radius 3 is 1.71 bits per heavy atom. The first-order valence-corrected chi connectivity index (χ1v) is 22.5. The molecule has 1 unspecified atom stereocenters. The van der Waals surface area contributed by atoms with E-state index in [1.165, 1.54) is 98.4 Å². The molecule has 1 nitrogen and oxygen atoms in total. The average Bonchev–Trinajstić information content (AvgIpc) is 4.01. The second-order valence-corrected chi connectivity index (χ2v) is 18.6. The van der Waals surface area contributed by atoms with Crippen LogP contribution in [-0.4, -0.2) is 0 Å². The molecule has 0 radical (unpaired) electrons. The Morgan fingerprint density at radius 2 is 0.935 bits per heavy atom. The van der Waals surface area contributed by atoms with Crippen LogP contribution in [-0.2, 0) is 10.8 Å². The molecule has 1 heterocycles. The Kier molecular flexibility index (Phi) is 7.51. The van der Waals surface area contributed by atoms with Crippen molar-refractivity contribution in [1.82, 2.24) is 0 Å². The van der Waals surface area contributed by atoms with Crippen molar-refractivity contribution >= 4 is 38.5 Å². The molecular formula is C60H41NS. The molecule has 1 spiro atoms. The van der Waals surface area contributed by atoms with E-state index in [1.54, 1.807) is 0 Å². The number of thiophene rings is 1. The van der Waals surface area contributed by atoms with Gasteiger partial charge in [0.2, 0.25) is 0 Å². The maximum absolute atomic E-state index is 2.53. The maximum atomic E-state index is 2.53. The quantitative estimate of drug-likeness (QED) is 0.167. The number of hydrogen-bond donors (Lipinski definition) is 0. The van der Waals surface area contributed by atoms with Gasteiger partial charge in [0.25, 0.3) is 0 Å². The van der Waals surface area contributed by atoms with E-state index >= 15 is 0 Å². The number of rotatable bonds is 5. The highest BCUT2D eigenvalue weighted by Crippen LogP contribution is 2.66. The molecule has 0 saturated heterocycles. The smallest absolute Gasteiger partial charge is 0.0740 e. The molecule has 3 aliphatic carbocycles. The molecule has 2 heteroatoms. The van der Waals surface area contributed by atoms with Crippen molar-refractivity contribution in [3.63, 3.8) is 0 Å². The molecule has 1 aromatic heterocycles. The fourth-order valence-electron chi connectivity index (χ4n) is 11.4. The zero-order chi connectivity index (χ0) is 41.2. The van der Waals surface area contributed by atoms with Gasteiger partial charge in [-0.3, -0.25) is 0 Å². The van der Waals surface area contributed by atoms with Gasteiger partial charge in [0, 0.05) is 31.9 Å². The van der Waals surface area contributed by atoms with E-state index < -0.39 is 5.41 Å². The van der Waals surface area contributed by atoms with Gasteiger partial charge in [-0.25, -0.2) is 0 Å². The Morgan fingerprint density at radius 1 is 0.371 bits per heavy atom. The molecule has 62 heavy (non-hydrogen) atoms. The Bertz CT molecular complexity index is 3450. The van der Waals surface area contributed by atoms with E-state index in [2.05, 4.69) is 231 Å². The molecule has 0 N–H and O–H groups in total. The summed E-state index contributed by atoms with van der Waals surface area (Å²) in [4.78, 5) is 3.92. The zero-order valence-corrected chi connectivity index (χ0v) is 35.4. The third-order valence-corrected chi connectivity index (χ3v) is 15.3. The molecule has 1 atom stereocenters. The fraction of sp³-hybridized carbons (Fsp3) is 0.0667. The molecule has 0 amide bonds. The van der Waals surface area contributed by atoms with E-state index in [1.807, 2.05) is 11.3 Å². The standard InChI is InChI=1S/C60H41NS/c1-59(2)50-25-13-9-21-43(50)45-32-30-42(37-54(45)59)61(55-34-29-40(38-17-5-3-6-18-38)35-48(55)39-19-7-4-8-20-39)41-31-33-53-49(36-41)44-22-10-14-26-51(44)60(53)52-27-15-11-23-46(52)58-57(60)47-24-12-16-28-56(47)62-58/h3-37H,1-2H3. The van der Waals surface area contributed by atoms with E-state index in [4.69, 9.17) is 0 Å². The topological polar surface area (TPSA) is 3.24 Å². The fourth-order valence-corrected chi connectivity index (χ4v) is 12.7. The lowest BCUT2D eigenvalue weighted by molar-refractivity contribution is 0.660. The largest absolute Gasteiger partial charge is 0.310 e. The number of anilines is 3. The Balaban J connectivity index is 1.08. The van der Waals surface area contributed by atoms with Crippen LogP contribution >= 0.6 is 11.3 Å². The Labute approximate surface area is 366 Å². The Hall–Kier alpha value is -7.26. The van der Waals surface area contributed by atoms with Crippen molar-refractivity contribution in [2.45, 2.75) is 24.7 Å². The molecule has 0 bridgehead atoms. The lowest BCUT2D eigenvalue weighted by Gasteiger charge is -2.32. The highest BCUT2D eigenvalue weighted by molar-refractivity contribution is 7.22. The predicted octanol–water partition coefficient (Wildman–Crippen LogP) is 16.4. The van der Waals surface area contributed by atoms with Gasteiger partial charge < -0.3 is 4.90 Å². The summed E-state index contributed by atoms with van der Waals surface area (Å²) in [6.07, 6.45) is 0. The molecule has 9 aromatic carbocycles. The van der Waals surface area contributed by atoms with Crippen molar-refractivity contribution in [1.29, 1.82) is 0 Å². The maximum Gasteiger partial charge on any atom is 0.0740 e. The van der Waals surface area contributed by atoms with E-state index in [0.29, 0.717) is 0 Å².